The van der Waals surface area contributed by atoms with Gasteiger partial charge in [-0.15, -0.1) is 0 Å². The van der Waals surface area contributed by atoms with Crippen molar-refractivity contribution in [1.82, 2.24) is 15.2 Å². The highest BCUT2D eigenvalue weighted by Crippen LogP contribution is 2.41. The summed E-state index contributed by atoms with van der Waals surface area (Å²) >= 11 is 0. The van der Waals surface area contributed by atoms with E-state index in [2.05, 4.69) is 10.3 Å². The predicted octanol–water partition coefficient (Wildman–Crippen LogP) is 0.995. The Morgan fingerprint density at radius 3 is 2.95 bits per heavy atom. The minimum Gasteiger partial charge on any atom is -0.388 e. The number of nitrogens with one attached hydrogen (secondary N) is 2. The van der Waals surface area contributed by atoms with Gasteiger partial charge in [0.05, 0.1) is 18.6 Å². The Morgan fingerprint density at radius 1 is 1.50 bits per heavy atom. The highest BCUT2D eigenvalue weighted by molar-refractivity contribution is 5.94. The number of piperidine rings is 1. The van der Waals surface area contributed by atoms with Gasteiger partial charge in [0.15, 0.2) is 0 Å². The van der Waals surface area contributed by atoms with Crippen molar-refractivity contribution in [3.05, 3.63) is 23.5 Å². The van der Waals surface area contributed by atoms with Crippen LogP contribution in [0.2, 0.25) is 0 Å². The molecule has 0 bridgehead atoms. The Balaban J connectivity index is 1.72. The Bertz CT molecular complexity index is 579. The summed E-state index contributed by atoms with van der Waals surface area (Å²) in [5.41, 5.74) is 0.609. The summed E-state index contributed by atoms with van der Waals surface area (Å²) in [5, 5.41) is 13.1. The van der Waals surface area contributed by atoms with E-state index in [9.17, 15) is 14.7 Å². The molecule has 6 heteroatoms. The van der Waals surface area contributed by atoms with Crippen LogP contribution in [0, 0.1) is 0 Å². The maximum atomic E-state index is 12.7. The van der Waals surface area contributed by atoms with E-state index in [0.717, 1.165) is 18.4 Å². The fraction of sp³-hybridized carbons (Fsp3) is 0.625. The number of rotatable bonds is 4. The van der Waals surface area contributed by atoms with E-state index in [1.165, 1.54) is 0 Å². The fourth-order valence-corrected chi connectivity index (χ4v) is 3.28. The van der Waals surface area contributed by atoms with Crippen LogP contribution < -0.4 is 5.32 Å². The van der Waals surface area contributed by atoms with E-state index in [4.69, 9.17) is 0 Å². The molecule has 22 heavy (non-hydrogen) atoms. The lowest BCUT2D eigenvalue weighted by Gasteiger charge is -2.38. The number of aromatic nitrogens is 1. The van der Waals surface area contributed by atoms with Gasteiger partial charge in [-0.2, -0.15) is 0 Å². The number of aromatic amines is 1. The SMILES string of the molecule is CNC(=O)CC1(O)CCCN(C(=O)c2[nH]ccc2C2CC2)C1. The predicted molar refractivity (Wildman–Crippen MR) is 81.5 cm³/mol. The number of carbonyl (C=O) groups excluding carboxylic acids is 2. The van der Waals surface area contributed by atoms with Crippen LogP contribution >= 0.6 is 0 Å². The monoisotopic (exact) mass is 305 g/mol. The van der Waals surface area contributed by atoms with Crippen LogP contribution in [-0.4, -0.2) is 52.5 Å². The molecule has 1 saturated carbocycles. The smallest absolute Gasteiger partial charge is 0.270 e. The molecule has 2 fully saturated rings. The van der Waals surface area contributed by atoms with E-state index >= 15 is 0 Å². The molecular formula is C16H23N3O3. The lowest BCUT2D eigenvalue weighted by atomic mass is 9.89. The van der Waals surface area contributed by atoms with Crippen molar-refractivity contribution in [1.29, 1.82) is 0 Å². The lowest BCUT2D eigenvalue weighted by Crippen LogP contribution is -2.52. The topological polar surface area (TPSA) is 85.4 Å². The van der Waals surface area contributed by atoms with Crippen molar-refractivity contribution in [2.24, 2.45) is 0 Å². The van der Waals surface area contributed by atoms with E-state index < -0.39 is 5.60 Å². The molecule has 2 heterocycles. The molecule has 0 spiro atoms. The Hall–Kier alpha value is -1.82. The third-order valence-corrected chi connectivity index (χ3v) is 4.62. The molecule has 0 aromatic carbocycles. The van der Waals surface area contributed by atoms with Gasteiger partial charge in [0.1, 0.15) is 5.69 Å². The van der Waals surface area contributed by atoms with Crippen molar-refractivity contribution in [3.63, 3.8) is 0 Å². The van der Waals surface area contributed by atoms with Gasteiger partial charge < -0.3 is 20.3 Å². The third-order valence-electron chi connectivity index (χ3n) is 4.62. The van der Waals surface area contributed by atoms with Gasteiger partial charge in [-0.1, -0.05) is 0 Å². The van der Waals surface area contributed by atoms with E-state index in [0.29, 0.717) is 31.0 Å². The van der Waals surface area contributed by atoms with E-state index in [1.807, 2.05) is 12.3 Å². The number of H-pyrrole nitrogens is 1. The first-order valence-electron chi connectivity index (χ1n) is 7.92. The zero-order valence-corrected chi connectivity index (χ0v) is 12.9. The average molecular weight is 305 g/mol. The summed E-state index contributed by atoms with van der Waals surface area (Å²) < 4.78 is 0. The second-order valence-corrected chi connectivity index (χ2v) is 6.49. The van der Waals surface area contributed by atoms with Crippen LogP contribution in [0.25, 0.3) is 0 Å². The first-order valence-corrected chi connectivity index (χ1v) is 7.92. The van der Waals surface area contributed by atoms with Crippen molar-refractivity contribution < 1.29 is 14.7 Å². The summed E-state index contributed by atoms with van der Waals surface area (Å²) in [6.07, 6.45) is 5.37. The summed E-state index contributed by atoms with van der Waals surface area (Å²) in [6, 6.07) is 1.98. The Labute approximate surface area is 129 Å². The molecule has 2 aliphatic rings. The number of carbonyl (C=O) groups is 2. The van der Waals surface area contributed by atoms with Crippen LogP contribution in [0.5, 0.6) is 0 Å². The maximum Gasteiger partial charge on any atom is 0.270 e. The first-order chi connectivity index (χ1) is 10.5. The standard InChI is InChI=1S/C16H23N3O3/c1-17-13(20)9-16(22)6-2-8-19(10-16)15(21)14-12(5-7-18-14)11-3-4-11/h5,7,11,18,22H,2-4,6,8-10H2,1H3,(H,17,20). The average Bonchev–Trinajstić information content (AvgIpc) is 3.23. The van der Waals surface area contributed by atoms with Crippen molar-refractivity contribution in [3.8, 4) is 0 Å². The first kappa shape index (κ1) is 15.1. The summed E-state index contributed by atoms with van der Waals surface area (Å²) in [7, 11) is 1.55. The van der Waals surface area contributed by atoms with Gasteiger partial charge in [-0.05, 0) is 43.2 Å². The molecule has 1 atom stereocenters. The summed E-state index contributed by atoms with van der Waals surface area (Å²) in [5.74, 6) is 0.233. The molecule has 1 aromatic heterocycles. The number of hydrogen-bond acceptors (Lipinski definition) is 3. The highest BCUT2D eigenvalue weighted by atomic mass is 16.3. The second-order valence-electron chi connectivity index (χ2n) is 6.49. The third kappa shape index (κ3) is 3.02. The minimum absolute atomic E-state index is 0.0352. The highest BCUT2D eigenvalue weighted by Gasteiger charge is 2.38. The molecule has 6 nitrogen and oxygen atoms in total. The van der Waals surface area contributed by atoms with Crippen molar-refractivity contribution in [2.45, 2.75) is 43.6 Å². The van der Waals surface area contributed by atoms with E-state index in [1.54, 1.807) is 11.9 Å². The molecule has 3 N–H and O–H groups in total. The zero-order chi connectivity index (χ0) is 15.7. The van der Waals surface area contributed by atoms with Gasteiger partial charge >= 0.3 is 0 Å². The van der Waals surface area contributed by atoms with E-state index in [-0.39, 0.29) is 24.8 Å². The van der Waals surface area contributed by atoms with Gasteiger partial charge in [-0.25, -0.2) is 0 Å². The van der Waals surface area contributed by atoms with Gasteiger partial charge in [0.25, 0.3) is 5.91 Å². The lowest BCUT2D eigenvalue weighted by molar-refractivity contribution is -0.127. The number of amides is 2. The fourth-order valence-electron chi connectivity index (χ4n) is 3.28. The number of likely N-dealkylation sites (tertiary alicyclic amines) is 1. The van der Waals surface area contributed by atoms with Crippen molar-refractivity contribution >= 4 is 11.8 Å². The molecule has 1 aromatic rings. The molecule has 2 amide bonds. The normalized spacial score (nSPS) is 25.1. The second kappa shape index (κ2) is 5.76. The minimum atomic E-state index is -1.12. The molecule has 3 rings (SSSR count). The number of aliphatic hydroxyl groups is 1. The quantitative estimate of drug-likeness (QED) is 0.775. The Morgan fingerprint density at radius 2 is 2.27 bits per heavy atom. The molecule has 120 valence electrons. The van der Waals surface area contributed by atoms with Gasteiger partial charge in [0.2, 0.25) is 5.91 Å². The molecule has 1 saturated heterocycles. The maximum absolute atomic E-state index is 12.7. The molecule has 0 radical (unpaired) electrons. The zero-order valence-electron chi connectivity index (χ0n) is 12.9. The molecule has 1 aliphatic carbocycles. The number of hydrogen-bond donors (Lipinski definition) is 3. The van der Waals surface area contributed by atoms with Crippen LogP contribution in [-0.2, 0) is 4.79 Å². The van der Waals surface area contributed by atoms with Gasteiger partial charge in [0, 0.05) is 19.8 Å². The van der Waals surface area contributed by atoms with Crippen molar-refractivity contribution in [2.75, 3.05) is 20.1 Å². The summed E-state index contributed by atoms with van der Waals surface area (Å²) in [6.45, 7) is 0.834. The van der Waals surface area contributed by atoms with Gasteiger partial charge in [-0.3, -0.25) is 9.59 Å². The Kier molecular flexibility index (Phi) is 3.95. The largest absolute Gasteiger partial charge is 0.388 e. The number of β-amino-alcohol motifs (C(OH)–C–C–N with tert-alkyl or cyclic N) is 1. The van der Waals surface area contributed by atoms with Crippen LogP contribution in [0.15, 0.2) is 12.3 Å². The van der Waals surface area contributed by atoms with Crippen LogP contribution in [0.1, 0.15) is 54.1 Å². The molecular weight excluding hydrogens is 282 g/mol. The van der Waals surface area contributed by atoms with Crippen LogP contribution in [0.3, 0.4) is 0 Å². The van der Waals surface area contributed by atoms with Crippen LogP contribution in [0.4, 0.5) is 0 Å². The number of nitrogens with zero attached hydrogens (tertiary/aromatic N) is 1. The molecule has 1 unspecified atom stereocenters. The summed E-state index contributed by atoms with van der Waals surface area (Å²) in [4.78, 5) is 29.0. The molecule has 1 aliphatic heterocycles.